The lowest BCUT2D eigenvalue weighted by Gasteiger charge is -2.30. The Balaban J connectivity index is 1.42. The molecule has 1 aromatic carbocycles. The molecule has 7 nitrogen and oxygen atoms in total. The summed E-state index contributed by atoms with van der Waals surface area (Å²) in [6.07, 6.45) is 5.67. The third kappa shape index (κ3) is 3.15. The van der Waals surface area contributed by atoms with Crippen molar-refractivity contribution < 1.29 is 4.79 Å². The first-order valence-corrected chi connectivity index (χ1v) is 10.1. The largest absolute Gasteiger partial charge is 0.360 e. The number of hydrogen-bond donors (Lipinski definition) is 1. The Bertz CT molecular complexity index is 1180. The molecule has 0 unspecified atom stereocenters. The van der Waals surface area contributed by atoms with Gasteiger partial charge in [-0.1, -0.05) is 29.8 Å². The highest BCUT2D eigenvalue weighted by molar-refractivity contribution is 6.33. The molecule has 148 valence electrons. The number of hydrogen-bond acceptors (Lipinski definition) is 5. The van der Waals surface area contributed by atoms with E-state index >= 15 is 0 Å². The molecule has 1 aliphatic heterocycles. The second-order valence-electron chi connectivity index (χ2n) is 7.71. The fraction of sp³-hybridized carbons (Fsp3) is 0.333. The third-order valence-corrected chi connectivity index (χ3v) is 6.12. The van der Waals surface area contributed by atoms with Crippen LogP contribution in [0.25, 0.3) is 0 Å². The maximum atomic E-state index is 13.2. The number of carbonyl (C=O) groups excluding carboxylic acids is 1. The topological polar surface area (TPSA) is 83.9 Å². The SMILES string of the molecule is Cc1cc(C2CC2)ccc1C(=O)c1cnc2n1CCN(c1cn[nH]c(=O)c1Cl)C2. The van der Waals surface area contributed by atoms with Gasteiger partial charge in [0, 0.05) is 18.7 Å². The first kappa shape index (κ1) is 18.1. The average molecular weight is 410 g/mol. The minimum atomic E-state index is -0.418. The van der Waals surface area contributed by atoms with Crippen molar-refractivity contribution >= 4 is 23.1 Å². The van der Waals surface area contributed by atoms with E-state index < -0.39 is 5.56 Å². The normalized spacial score (nSPS) is 16.0. The molecule has 0 saturated heterocycles. The van der Waals surface area contributed by atoms with Gasteiger partial charge >= 0.3 is 0 Å². The van der Waals surface area contributed by atoms with Gasteiger partial charge in [0.2, 0.25) is 5.78 Å². The highest BCUT2D eigenvalue weighted by Gasteiger charge is 2.27. The minimum Gasteiger partial charge on any atom is -0.360 e. The summed E-state index contributed by atoms with van der Waals surface area (Å²) in [5.74, 6) is 1.43. The first-order valence-electron chi connectivity index (χ1n) is 9.70. The van der Waals surface area contributed by atoms with Crippen LogP contribution in [0.15, 0.2) is 35.4 Å². The van der Waals surface area contributed by atoms with Gasteiger partial charge in [0.25, 0.3) is 5.56 Å². The maximum Gasteiger partial charge on any atom is 0.285 e. The van der Waals surface area contributed by atoms with Gasteiger partial charge in [-0.15, -0.1) is 0 Å². The molecule has 1 N–H and O–H groups in total. The van der Waals surface area contributed by atoms with Gasteiger partial charge in [-0.05, 0) is 36.8 Å². The number of aryl methyl sites for hydroxylation is 1. The van der Waals surface area contributed by atoms with Crippen molar-refractivity contribution in [2.24, 2.45) is 0 Å². The van der Waals surface area contributed by atoms with Gasteiger partial charge in [-0.3, -0.25) is 9.59 Å². The van der Waals surface area contributed by atoms with E-state index in [0.29, 0.717) is 36.9 Å². The van der Waals surface area contributed by atoms with Crippen LogP contribution in [0.3, 0.4) is 0 Å². The number of anilines is 1. The average Bonchev–Trinajstić information content (AvgIpc) is 3.48. The van der Waals surface area contributed by atoms with E-state index in [-0.39, 0.29) is 10.8 Å². The van der Waals surface area contributed by atoms with Crippen LogP contribution >= 0.6 is 11.6 Å². The second kappa shape index (κ2) is 6.84. The van der Waals surface area contributed by atoms with Gasteiger partial charge < -0.3 is 9.47 Å². The zero-order valence-electron chi connectivity index (χ0n) is 16.0. The fourth-order valence-corrected chi connectivity index (χ4v) is 4.20. The molecule has 0 atom stereocenters. The number of halogens is 1. The molecule has 2 aliphatic rings. The van der Waals surface area contributed by atoms with Gasteiger partial charge in [0.1, 0.15) is 16.5 Å². The minimum absolute atomic E-state index is 0.00657. The standard InChI is InChI=1S/C21H20ClN5O2/c1-12-8-14(13-2-3-13)4-5-15(12)20(28)17-9-23-18-11-26(6-7-27(17)18)16-10-24-25-21(29)19(16)22/h4-5,8-10,13H,2-3,6-7,11H2,1H3,(H,25,29). The summed E-state index contributed by atoms with van der Waals surface area (Å²) >= 11 is 6.14. The summed E-state index contributed by atoms with van der Waals surface area (Å²) in [6.45, 7) is 3.64. The van der Waals surface area contributed by atoms with Crippen LogP contribution in [-0.4, -0.2) is 32.1 Å². The second-order valence-corrected chi connectivity index (χ2v) is 8.09. The summed E-state index contributed by atoms with van der Waals surface area (Å²) < 4.78 is 1.96. The molecule has 1 aliphatic carbocycles. The van der Waals surface area contributed by atoms with Crippen LogP contribution in [0, 0.1) is 6.92 Å². The highest BCUT2D eigenvalue weighted by atomic mass is 35.5. The molecule has 3 aromatic rings. The van der Waals surface area contributed by atoms with Crippen molar-refractivity contribution in [2.75, 3.05) is 11.4 Å². The van der Waals surface area contributed by atoms with E-state index in [1.807, 2.05) is 22.5 Å². The molecule has 8 heteroatoms. The Labute approximate surface area is 172 Å². The Kier molecular flexibility index (Phi) is 4.28. The van der Waals surface area contributed by atoms with Gasteiger partial charge in [-0.2, -0.15) is 5.10 Å². The van der Waals surface area contributed by atoms with Crippen LogP contribution in [0.4, 0.5) is 5.69 Å². The number of benzene rings is 1. The third-order valence-electron chi connectivity index (χ3n) is 5.76. The lowest BCUT2D eigenvalue weighted by Crippen LogP contribution is -2.36. The van der Waals surface area contributed by atoms with Gasteiger partial charge in [0.05, 0.1) is 24.6 Å². The quantitative estimate of drug-likeness (QED) is 0.669. The van der Waals surface area contributed by atoms with Crippen LogP contribution < -0.4 is 10.5 Å². The van der Waals surface area contributed by atoms with E-state index in [2.05, 4.69) is 27.3 Å². The number of nitrogens with one attached hydrogen (secondary N) is 1. The van der Waals surface area contributed by atoms with Crippen molar-refractivity contribution in [2.45, 2.75) is 38.8 Å². The van der Waals surface area contributed by atoms with Crippen LogP contribution in [-0.2, 0) is 13.1 Å². The zero-order chi connectivity index (χ0) is 20.1. The molecule has 3 heterocycles. The van der Waals surface area contributed by atoms with Crippen molar-refractivity contribution in [3.8, 4) is 0 Å². The van der Waals surface area contributed by atoms with Crippen molar-refractivity contribution in [3.05, 3.63) is 74.2 Å². The highest BCUT2D eigenvalue weighted by Crippen LogP contribution is 2.40. The van der Waals surface area contributed by atoms with Crippen LogP contribution in [0.5, 0.6) is 0 Å². The zero-order valence-corrected chi connectivity index (χ0v) is 16.7. The number of rotatable bonds is 4. The first-order chi connectivity index (χ1) is 14.0. The molecule has 0 bridgehead atoms. The Morgan fingerprint density at radius 3 is 2.83 bits per heavy atom. The van der Waals surface area contributed by atoms with Gasteiger partial charge in [0.15, 0.2) is 0 Å². The molecular formula is C21H20ClN5O2. The summed E-state index contributed by atoms with van der Waals surface area (Å²) in [7, 11) is 0. The number of carbonyl (C=O) groups is 1. The number of aromatic amines is 1. The number of H-pyrrole nitrogens is 1. The van der Waals surface area contributed by atoms with Crippen LogP contribution in [0.2, 0.25) is 5.02 Å². The summed E-state index contributed by atoms with van der Waals surface area (Å²) in [4.78, 5) is 31.4. The smallest absolute Gasteiger partial charge is 0.285 e. The Morgan fingerprint density at radius 1 is 1.24 bits per heavy atom. The van der Waals surface area contributed by atoms with Crippen molar-refractivity contribution in [3.63, 3.8) is 0 Å². The number of aromatic nitrogens is 4. The van der Waals surface area contributed by atoms with E-state index in [9.17, 15) is 9.59 Å². The van der Waals surface area contributed by atoms with Crippen molar-refractivity contribution in [1.82, 2.24) is 19.7 Å². The van der Waals surface area contributed by atoms with E-state index in [0.717, 1.165) is 17.0 Å². The molecule has 29 heavy (non-hydrogen) atoms. The van der Waals surface area contributed by atoms with E-state index in [4.69, 9.17) is 11.6 Å². The predicted molar refractivity (Wildman–Crippen MR) is 110 cm³/mol. The number of nitrogens with zero attached hydrogens (tertiary/aromatic N) is 4. The van der Waals surface area contributed by atoms with Crippen LogP contribution in [0.1, 0.15) is 51.8 Å². The molecule has 0 spiro atoms. The molecule has 1 fully saturated rings. The van der Waals surface area contributed by atoms with E-state index in [1.165, 1.54) is 18.4 Å². The lowest BCUT2D eigenvalue weighted by atomic mass is 9.98. The summed E-state index contributed by atoms with van der Waals surface area (Å²) in [5, 5.41) is 6.28. The molecule has 0 amide bonds. The summed E-state index contributed by atoms with van der Waals surface area (Å²) in [5.41, 5.74) is 3.81. The molecule has 2 aromatic heterocycles. The Hall–Kier alpha value is -2.93. The van der Waals surface area contributed by atoms with Gasteiger partial charge in [-0.25, -0.2) is 10.1 Å². The number of fused-ring (bicyclic) bond motifs is 1. The number of imidazole rings is 1. The maximum absolute atomic E-state index is 13.2. The molecule has 5 rings (SSSR count). The summed E-state index contributed by atoms with van der Waals surface area (Å²) in [6, 6.07) is 6.17. The molecular weight excluding hydrogens is 390 g/mol. The molecule has 0 radical (unpaired) electrons. The Morgan fingerprint density at radius 2 is 2.07 bits per heavy atom. The number of ketones is 1. The monoisotopic (exact) mass is 409 g/mol. The fourth-order valence-electron chi connectivity index (χ4n) is 3.99. The lowest BCUT2D eigenvalue weighted by molar-refractivity contribution is 0.102. The predicted octanol–water partition coefficient (Wildman–Crippen LogP) is 3.06. The molecule has 1 saturated carbocycles. The van der Waals surface area contributed by atoms with Crippen molar-refractivity contribution in [1.29, 1.82) is 0 Å². The van der Waals surface area contributed by atoms with E-state index in [1.54, 1.807) is 12.4 Å².